The molecule has 0 radical (unpaired) electrons. The summed E-state index contributed by atoms with van der Waals surface area (Å²) >= 11 is 0. The molecule has 0 saturated heterocycles. The lowest BCUT2D eigenvalue weighted by Gasteiger charge is -2.11. The summed E-state index contributed by atoms with van der Waals surface area (Å²) in [4.78, 5) is 12.0. The summed E-state index contributed by atoms with van der Waals surface area (Å²) in [6.45, 7) is 3.64. The summed E-state index contributed by atoms with van der Waals surface area (Å²) in [7, 11) is 1.63. The second-order valence-corrected chi connectivity index (χ2v) is 4.41. The molecule has 2 aromatic rings. The summed E-state index contributed by atoms with van der Waals surface area (Å²) in [5.74, 6) is -1.66. The van der Waals surface area contributed by atoms with E-state index < -0.39 is 11.6 Å². The zero-order valence-electron chi connectivity index (χ0n) is 11.8. The van der Waals surface area contributed by atoms with Crippen molar-refractivity contribution in [2.75, 3.05) is 17.7 Å². The minimum absolute atomic E-state index is 0.0505. The van der Waals surface area contributed by atoms with Crippen molar-refractivity contribution in [3.05, 3.63) is 29.8 Å². The van der Waals surface area contributed by atoms with Gasteiger partial charge < -0.3 is 15.4 Å². The van der Waals surface area contributed by atoms with E-state index in [9.17, 15) is 8.78 Å². The maximum atomic E-state index is 13.6. The van der Waals surface area contributed by atoms with Crippen LogP contribution in [0.15, 0.2) is 18.2 Å². The molecule has 0 fully saturated rings. The number of nitrogens with one attached hydrogen (secondary N) is 2. The van der Waals surface area contributed by atoms with Gasteiger partial charge in [-0.1, -0.05) is 6.07 Å². The molecule has 2 rings (SSSR count). The molecule has 0 aliphatic rings. The van der Waals surface area contributed by atoms with E-state index in [-0.39, 0.29) is 29.7 Å². The fraction of sp³-hybridized carbons (Fsp3) is 0.308. The van der Waals surface area contributed by atoms with Crippen LogP contribution in [0.1, 0.15) is 13.8 Å². The zero-order valence-corrected chi connectivity index (χ0v) is 11.8. The van der Waals surface area contributed by atoms with Gasteiger partial charge in [-0.2, -0.15) is 15.0 Å². The van der Waals surface area contributed by atoms with Crippen molar-refractivity contribution in [1.82, 2.24) is 15.0 Å². The van der Waals surface area contributed by atoms with Crippen molar-refractivity contribution < 1.29 is 13.5 Å². The molecule has 2 N–H and O–H groups in total. The first-order valence-corrected chi connectivity index (χ1v) is 6.31. The second-order valence-electron chi connectivity index (χ2n) is 4.41. The largest absolute Gasteiger partial charge is 0.461 e. The van der Waals surface area contributed by atoms with Gasteiger partial charge in [0.1, 0.15) is 0 Å². The molecule has 0 atom stereocenters. The van der Waals surface area contributed by atoms with Gasteiger partial charge in [-0.05, 0) is 26.0 Å². The van der Waals surface area contributed by atoms with Crippen LogP contribution in [0, 0.1) is 11.6 Å². The number of anilines is 3. The van der Waals surface area contributed by atoms with E-state index in [4.69, 9.17) is 4.74 Å². The summed E-state index contributed by atoms with van der Waals surface area (Å²) in [6.07, 6.45) is -0.129. The molecule has 0 bridgehead atoms. The molecule has 1 heterocycles. The SMILES string of the molecule is CNc1nc(Nc2cccc(F)c2F)nc(OC(C)C)n1. The Hall–Kier alpha value is -2.51. The molecule has 8 heteroatoms. The second kappa shape index (κ2) is 6.29. The predicted octanol–water partition coefficient (Wildman–Crippen LogP) is 2.72. The minimum Gasteiger partial charge on any atom is -0.461 e. The average Bonchev–Trinajstić information content (AvgIpc) is 2.43. The van der Waals surface area contributed by atoms with Gasteiger partial charge in [0.2, 0.25) is 11.9 Å². The van der Waals surface area contributed by atoms with Crippen LogP contribution < -0.4 is 15.4 Å². The van der Waals surface area contributed by atoms with Gasteiger partial charge in [-0.3, -0.25) is 0 Å². The lowest BCUT2D eigenvalue weighted by molar-refractivity contribution is 0.222. The van der Waals surface area contributed by atoms with Crippen LogP contribution in [0.4, 0.5) is 26.4 Å². The van der Waals surface area contributed by atoms with Crippen LogP contribution in [0.2, 0.25) is 0 Å². The van der Waals surface area contributed by atoms with Crippen LogP contribution in [0.25, 0.3) is 0 Å². The molecule has 21 heavy (non-hydrogen) atoms. The van der Waals surface area contributed by atoms with E-state index in [1.165, 1.54) is 12.1 Å². The van der Waals surface area contributed by atoms with Gasteiger partial charge in [0.05, 0.1) is 11.8 Å². The molecule has 6 nitrogen and oxygen atoms in total. The Kier molecular flexibility index (Phi) is 4.46. The van der Waals surface area contributed by atoms with Gasteiger partial charge >= 0.3 is 6.01 Å². The molecular weight excluding hydrogens is 280 g/mol. The number of aromatic nitrogens is 3. The van der Waals surface area contributed by atoms with E-state index >= 15 is 0 Å². The highest BCUT2D eigenvalue weighted by molar-refractivity contribution is 5.55. The molecule has 0 unspecified atom stereocenters. The standard InChI is InChI=1S/C13H15F2N5O/c1-7(2)21-13-19-11(16-3)18-12(20-13)17-9-6-4-5-8(14)10(9)15/h4-7H,1-3H3,(H2,16,17,18,19,20). The van der Waals surface area contributed by atoms with Crippen molar-refractivity contribution in [3.8, 4) is 6.01 Å². The van der Waals surface area contributed by atoms with Crippen molar-refractivity contribution >= 4 is 17.6 Å². The summed E-state index contributed by atoms with van der Waals surface area (Å²) in [5.41, 5.74) is -0.0706. The van der Waals surface area contributed by atoms with E-state index in [1.54, 1.807) is 7.05 Å². The van der Waals surface area contributed by atoms with E-state index in [0.717, 1.165) is 6.07 Å². The summed E-state index contributed by atoms with van der Waals surface area (Å²) in [6, 6.07) is 3.88. The van der Waals surface area contributed by atoms with Crippen LogP contribution in [-0.2, 0) is 0 Å². The number of ether oxygens (including phenoxy) is 1. The molecular formula is C13H15F2N5O. The zero-order chi connectivity index (χ0) is 15.4. The van der Waals surface area contributed by atoms with E-state index in [2.05, 4.69) is 25.6 Å². The monoisotopic (exact) mass is 295 g/mol. The van der Waals surface area contributed by atoms with Crippen molar-refractivity contribution in [2.45, 2.75) is 20.0 Å². The smallest absolute Gasteiger partial charge is 0.323 e. The molecule has 0 spiro atoms. The number of hydrogen-bond acceptors (Lipinski definition) is 6. The Bertz CT molecular complexity index is 636. The molecule has 0 aliphatic heterocycles. The Morgan fingerprint density at radius 1 is 1.10 bits per heavy atom. The van der Waals surface area contributed by atoms with Gasteiger partial charge in [0, 0.05) is 7.05 Å². The minimum atomic E-state index is -1.00. The molecule has 0 saturated carbocycles. The van der Waals surface area contributed by atoms with Crippen LogP contribution in [0.5, 0.6) is 6.01 Å². The van der Waals surface area contributed by atoms with Gasteiger partial charge in [-0.25, -0.2) is 8.78 Å². The Balaban J connectivity index is 2.32. The molecule has 0 aliphatic carbocycles. The van der Waals surface area contributed by atoms with E-state index in [0.29, 0.717) is 0 Å². The first kappa shape index (κ1) is 14.9. The van der Waals surface area contributed by atoms with Crippen LogP contribution in [-0.4, -0.2) is 28.1 Å². The fourth-order valence-electron chi connectivity index (χ4n) is 1.51. The van der Waals surface area contributed by atoms with Crippen molar-refractivity contribution in [1.29, 1.82) is 0 Å². The van der Waals surface area contributed by atoms with Crippen molar-refractivity contribution in [2.24, 2.45) is 0 Å². The third-order valence-corrected chi connectivity index (χ3v) is 2.38. The number of nitrogens with zero attached hydrogens (tertiary/aromatic N) is 3. The lowest BCUT2D eigenvalue weighted by Crippen LogP contribution is -2.12. The number of benzene rings is 1. The van der Waals surface area contributed by atoms with E-state index in [1.807, 2.05) is 13.8 Å². The highest BCUT2D eigenvalue weighted by atomic mass is 19.2. The highest BCUT2D eigenvalue weighted by Gasteiger charge is 2.12. The van der Waals surface area contributed by atoms with Crippen molar-refractivity contribution in [3.63, 3.8) is 0 Å². The summed E-state index contributed by atoms with van der Waals surface area (Å²) < 4.78 is 32.2. The van der Waals surface area contributed by atoms with Gasteiger partial charge in [-0.15, -0.1) is 0 Å². The number of rotatable bonds is 5. The maximum Gasteiger partial charge on any atom is 0.323 e. The number of hydrogen-bond donors (Lipinski definition) is 2. The van der Waals surface area contributed by atoms with Gasteiger partial charge in [0.25, 0.3) is 0 Å². The Labute approximate surface area is 120 Å². The quantitative estimate of drug-likeness (QED) is 0.883. The summed E-state index contributed by atoms with van der Waals surface area (Å²) in [5, 5.41) is 5.35. The molecule has 1 aromatic carbocycles. The normalized spacial score (nSPS) is 10.6. The first-order valence-electron chi connectivity index (χ1n) is 6.31. The Morgan fingerprint density at radius 3 is 2.48 bits per heavy atom. The Morgan fingerprint density at radius 2 is 1.81 bits per heavy atom. The van der Waals surface area contributed by atoms with Crippen LogP contribution in [0.3, 0.4) is 0 Å². The third kappa shape index (κ3) is 3.74. The van der Waals surface area contributed by atoms with Crippen LogP contribution >= 0.6 is 0 Å². The van der Waals surface area contributed by atoms with Gasteiger partial charge in [0.15, 0.2) is 11.6 Å². The first-order chi connectivity index (χ1) is 9.99. The maximum absolute atomic E-state index is 13.6. The lowest BCUT2D eigenvalue weighted by atomic mass is 10.3. The fourth-order valence-corrected chi connectivity index (χ4v) is 1.51. The molecule has 1 aromatic heterocycles. The average molecular weight is 295 g/mol. The predicted molar refractivity (Wildman–Crippen MR) is 74.8 cm³/mol. The third-order valence-electron chi connectivity index (χ3n) is 2.38. The number of halogens is 2. The topological polar surface area (TPSA) is 72.0 Å². The molecule has 112 valence electrons. The molecule has 0 amide bonds. The highest BCUT2D eigenvalue weighted by Crippen LogP contribution is 2.21.